The third-order valence-corrected chi connectivity index (χ3v) is 4.17. The molecule has 2 aromatic rings. The summed E-state index contributed by atoms with van der Waals surface area (Å²) in [4.78, 5) is 24.8. The molecular weight excluding hydrogens is 352 g/mol. The molecule has 3 N–H and O–H groups in total. The van der Waals surface area contributed by atoms with Gasteiger partial charge in [0.15, 0.2) is 0 Å². The number of fused-ring (bicyclic) bond motifs is 1. The lowest BCUT2D eigenvalue weighted by Gasteiger charge is -2.10. The molecule has 1 fully saturated rings. The summed E-state index contributed by atoms with van der Waals surface area (Å²) in [7, 11) is 0. The zero-order valence-corrected chi connectivity index (χ0v) is 14.0. The van der Waals surface area contributed by atoms with E-state index in [9.17, 15) is 14.7 Å². The SMILES string of the molecule is CC(C)C[n+]1c(O)c(C(=O)NC2CC2)c(=O)n2[nH]cc(Br)c21. The molecule has 0 saturated heterocycles. The zero-order chi connectivity index (χ0) is 16.0. The van der Waals surface area contributed by atoms with E-state index in [0.29, 0.717) is 16.7 Å². The van der Waals surface area contributed by atoms with Crippen molar-refractivity contribution in [1.29, 1.82) is 0 Å². The van der Waals surface area contributed by atoms with Gasteiger partial charge in [-0.1, -0.05) is 18.4 Å². The number of H-pyrrole nitrogens is 1. The summed E-state index contributed by atoms with van der Waals surface area (Å²) in [5, 5.41) is 16.1. The number of nitrogens with zero attached hydrogens (tertiary/aromatic N) is 2. The molecule has 0 aromatic carbocycles. The molecule has 8 heteroatoms. The number of aromatic hydroxyl groups is 1. The predicted octanol–water partition coefficient (Wildman–Crippen LogP) is 0.931. The van der Waals surface area contributed by atoms with Crippen LogP contribution in [0.2, 0.25) is 0 Å². The first kappa shape index (κ1) is 15.1. The van der Waals surface area contributed by atoms with Gasteiger partial charge in [0.25, 0.3) is 5.91 Å². The average molecular weight is 370 g/mol. The number of halogens is 1. The molecule has 1 aliphatic rings. The highest BCUT2D eigenvalue weighted by atomic mass is 79.9. The van der Waals surface area contributed by atoms with Crippen molar-refractivity contribution in [3.63, 3.8) is 0 Å². The number of carbonyl (C=O) groups excluding carboxylic acids is 1. The van der Waals surface area contributed by atoms with Crippen LogP contribution in [0.1, 0.15) is 37.0 Å². The molecule has 0 radical (unpaired) electrons. The van der Waals surface area contributed by atoms with Gasteiger partial charge in [-0.05, 0) is 34.7 Å². The van der Waals surface area contributed by atoms with Crippen molar-refractivity contribution in [1.82, 2.24) is 14.9 Å². The molecule has 7 nitrogen and oxygen atoms in total. The molecule has 2 aromatic heterocycles. The van der Waals surface area contributed by atoms with Gasteiger partial charge in [-0.2, -0.15) is 4.57 Å². The molecular formula is C14H18BrN4O3+. The van der Waals surface area contributed by atoms with E-state index in [1.54, 1.807) is 10.8 Å². The second kappa shape index (κ2) is 5.42. The first-order chi connectivity index (χ1) is 10.4. The monoisotopic (exact) mass is 369 g/mol. The lowest BCUT2D eigenvalue weighted by atomic mass is 10.2. The molecule has 0 unspecified atom stereocenters. The van der Waals surface area contributed by atoms with Gasteiger partial charge in [-0.15, -0.1) is 0 Å². The molecule has 0 atom stereocenters. The lowest BCUT2D eigenvalue weighted by molar-refractivity contribution is -0.686. The van der Waals surface area contributed by atoms with E-state index < -0.39 is 11.5 Å². The highest BCUT2D eigenvalue weighted by Gasteiger charge is 2.34. The van der Waals surface area contributed by atoms with E-state index in [2.05, 4.69) is 26.3 Å². The van der Waals surface area contributed by atoms with Gasteiger partial charge >= 0.3 is 17.1 Å². The third kappa shape index (κ3) is 2.51. The largest absolute Gasteiger partial charge is 0.477 e. The second-order valence-corrected chi connectivity index (χ2v) is 6.89. The Morgan fingerprint density at radius 1 is 1.59 bits per heavy atom. The lowest BCUT2D eigenvalue weighted by Crippen LogP contribution is -2.45. The molecule has 0 aliphatic heterocycles. The molecule has 22 heavy (non-hydrogen) atoms. The highest BCUT2D eigenvalue weighted by molar-refractivity contribution is 9.10. The van der Waals surface area contributed by atoms with Gasteiger partial charge in [-0.3, -0.25) is 4.79 Å². The van der Waals surface area contributed by atoms with E-state index in [4.69, 9.17) is 0 Å². The van der Waals surface area contributed by atoms with Crippen LogP contribution < -0.4 is 15.4 Å². The minimum Gasteiger partial charge on any atom is -0.477 e. The molecule has 1 aliphatic carbocycles. The Balaban J connectivity index is 2.23. The topological polar surface area (TPSA) is 90.5 Å². The first-order valence-corrected chi connectivity index (χ1v) is 8.04. The Morgan fingerprint density at radius 2 is 2.27 bits per heavy atom. The Hall–Kier alpha value is -1.83. The van der Waals surface area contributed by atoms with Crippen LogP contribution in [-0.4, -0.2) is 26.7 Å². The Labute approximate surface area is 135 Å². The molecule has 1 amide bonds. The van der Waals surface area contributed by atoms with Gasteiger partial charge in [0.1, 0.15) is 4.47 Å². The summed E-state index contributed by atoms with van der Waals surface area (Å²) in [5.74, 6) is -0.585. The van der Waals surface area contributed by atoms with Crippen molar-refractivity contribution in [2.75, 3.05) is 0 Å². The van der Waals surface area contributed by atoms with Crippen molar-refractivity contribution in [2.45, 2.75) is 39.3 Å². The number of hydrogen-bond donors (Lipinski definition) is 3. The van der Waals surface area contributed by atoms with Crippen LogP contribution in [0.3, 0.4) is 0 Å². The number of carbonyl (C=O) groups is 1. The summed E-state index contributed by atoms with van der Waals surface area (Å²) in [6.07, 6.45) is 3.43. The minimum absolute atomic E-state index is 0.112. The van der Waals surface area contributed by atoms with E-state index >= 15 is 0 Å². The molecule has 3 rings (SSSR count). The van der Waals surface area contributed by atoms with Crippen LogP contribution in [0.15, 0.2) is 15.5 Å². The van der Waals surface area contributed by atoms with Gasteiger partial charge < -0.3 is 10.4 Å². The quantitative estimate of drug-likeness (QED) is 0.700. The van der Waals surface area contributed by atoms with Crippen molar-refractivity contribution >= 4 is 27.5 Å². The van der Waals surface area contributed by atoms with Crippen molar-refractivity contribution in [3.05, 3.63) is 26.6 Å². The Bertz CT molecular complexity index is 805. The predicted molar refractivity (Wildman–Crippen MR) is 82.9 cm³/mol. The van der Waals surface area contributed by atoms with Crippen molar-refractivity contribution < 1.29 is 14.5 Å². The van der Waals surface area contributed by atoms with Crippen LogP contribution in [0.4, 0.5) is 0 Å². The van der Waals surface area contributed by atoms with Crippen LogP contribution >= 0.6 is 15.9 Å². The van der Waals surface area contributed by atoms with Gasteiger partial charge in [-0.25, -0.2) is 9.89 Å². The van der Waals surface area contributed by atoms with Crippen molar-refractivity contribution in [3.8, 4) is 5.88 Å². The average Bonchev–Trinajstić information content (AvgIpc) is 3.15. The van der Waals surface area contributed by atoms with Crippen LogP contribution in [0, 0.1) is 5.92 Å². The zero-order valence-electron chi connectivity index (χ0n) is 12.4. The van der Waals surface area contributed by atoms with Gasteiger partial charge in [0.05, 0.1) is 12.7 Å². The second-order valence-electron chi connectivity index (χ2n) is 6.04. The molecule has 0 spiro atoms. The third-order valence-electron chi connectivity index (χ3n) is 3.59. The molecule has 1 saturated carbocycles. The maximum absolute atomic E-state index is 12.5. The fraction of sp³-hybridized carbons (Fsp3) is 0.500. The number of nitrogens with one attached hydrogen (secondary N) is 2. The summed E-state index contributed by atoms with van der Waals surface area (Å²) < 4.78 is 3.50. The summed E-state index contributed by atoms with van der Waals surface area (Å²) in [5.41, 5.74) is -0.282. The Morgan fingerprint density at radius 3 is 2.86 bits per heavy atom. The number of hydrogen-bond acceptors (Lipinski definition) is 3. The Kier molecular flexibility index (Phi) is 3.72. The number of aromatic nitrogens is 3. The van der Waals surface area contributed by atoms with Crippen LogP contribution in [-0.2, 0) is 6.54 Å². The standard InChI is InChI=1S/C14H17BrN4O3/c1-7(2)6-18-12-9(15)5-16-19(12)14(22)10(13(18)21)11(20)17-8-3-4-8/h5,7-8H,3-4,6H2,1-2H3,(H2,17,20,21,22)/p+1. The van der Waals surface area contributed by atoms with Crippen LogP contribution in [0.25, 0.3) is 5.65 Å². The summed E-state index contributed by atoms with van der Waals surface area (Å²) in [6, 6.07) is 0.112. The molecule has 2 heterocycles. The maximum Gasteiger partial charge on any atom is 0.378 e. The smallest absolute Gasteiger partial charge is 0.378 e. The normalized spacial score (nSPS) is 14.7. The van der Waals surface area contributed by atoms with Crippen LogP contribution in [0.5, 0.6) is 5.88 Å². The van der Waals surface area contributed by atoms with E-state index in [-0.39, 0.29) is 23.4 Å². The highest BCUT2D eigenvalue weighted by Crippen LogP contribution is 2.21. The summed E-state index contributed by atoms with van der Waals surface area (Å²) >= 11 is 3.36. The van der Waals surface area contributed by atoms with E-state index in [1.165, 1.54) is 4.52 Å². The first-order valence-electron chi connectivity index (χ1n) is 7.25. The van der Waals surface area contributed by atoms with E-state index in [1.807, 2.05) is 13.8 Å². The fourth-order valence-corrected chi connectivity index (χ4v) is 2.92. The number of aromatic amines is 1. The van der Waals surface area contributed by atoms with Gasteiger partial charge in [0, 0.05) is 6.04 Å². The van der Waals surface area contributed by atoms with Gasteiger partial charge in [0.2, 0.25) is 5.56 Å². The maximum atomic E-state index is 12.5. The van der Waals surface area contributed by atoms with E-state index in [0.717, 1.165) is 12.8 Å². The number of amides is 1. The molecule has 0 bridgehead atoms. The summed E-state index contributed by atoms with van der Waals surface area (Å²) in [6.45, 7) is 4.48. The fourth-order valence-electron chi connectivity index (χ4n) is 2.42. The van der Waals surface area contributed by atoms with Crippen molar-refractivity contribution in [2.24, 2.45) is 5.92 Å². The molecule has 118 valence electrons. The minimum atomic E-state index is -0.559. The number of rotatable bonds is 4.